The van der Waals surface area contributed by atoms with Crippen LogP contribution in [0.5, 0.6) is 0 Å². The monoisotopic (exact) mass is 206 g/mol. The molecule has 0 unspecified atom stereocenters. The van der Waals surface area contributed by atoms with Crippen LogP contribution in [0.3, 0.4) is 0 Å². The molecule has 0 bridgehead atoms. The van der Waals surface area contributed by atoms with Crippen molar-refractivity contribution in [1.29, 1.82) is 5.26 Å². The van der Waals surface area contributed by atoms with Crippen molar-refractivity contribution in [3.8, 4) is 6.07 Å². The van der Waals surface area contributed by atoms with E-state index in [0.29, 0.717) is 6.20 Å². The normalized spacial score (nSPS) is 10.2. The third-order valence-electron chi connectivity index (χ3n) is 1.35. The summed E-state index contributed by atoms with van der Waals surface area (Å²) in [5, 5.41) is 7.81. The van der Waals surface area contributed by atoms with Gasteiger partial charge in [0.25, 0.3) is 6.43 Å². The predicted molar refractivity (Wildman–Crippen MR) is 38.9 cm³/mol. The molecule has 0 aliphatic carbocycles. The minimum Gasteiger partial charge on any atom is -0.241 e. The summed E-state index contributed by atoms with van der Waals surface area (Å²) in [6.45, 7) is 0. The van der Waals surface area contributed by atoms with Crippen LogP contribution in [0.25, 0.3) is 0 Å². The molecule has 1 heterocycles. The summed E-state index contributed by atoms with van der Waals surface area (Å²) < 4.78 is 37.1. The van der Waals surface area contributed by atoms with Crippen molar-refractivity contribution in [2.75, 3.05) is 0 Å². The standard InChI is InChI=1S/C7H2ClF3N2/c8-6-5(7(10)11)3(1-12)4(9)2-13-6/h2,7H. The van der Waals surface area contributed by atoms with Crippen LogP contribution in [-0.2, 0) is 0 Å². The van der Waals surface area contributed by atoms with Gasteiger partial charge in [-0.1, -0.05) is 11.6 Å². The lowest BCUT2D eigenvalue weighted by Gasteiger charge is -2.04. The highest BCUT2D eigenvalue weighted by molar-refractivity contribution is 6.30. The van der Waals surface area contributed by atoms with E-state index in [9.17, 15) is 13.2 Å². The van der Waals surface area contributed by atoms with E-state index >= 15 is 0 Å². The van der Waals surface area contributed by atoms with Gasteiger partial charge in [0.15, 0.2) is 5.82 Å². The van der Waals surface area contributed by atoms with Gasteiger partial charge in [0.05, 0.1) is 11.8 Å². The fourth-order valence-electron chi connectivity index (χ4n) is 0.792. The van der Waals surface area contributed by atoms with Gasteiger partial charge in [-0.2, -0.15) is 5.26 Å². The van der Waals surface area contributed by atoms with Crippen molar-refractivity contribution >= 4 is 11.6 Å². The molecule has 0 aromatic carbocycles. The molecule has 0 radical (unpaired) electrons. The number of nitrogens with zero attached hydrogens (tertiary/aromatic N) is 2. The van der Waals surface area contributed by atoms with E-state index in [1.54, 1.807) is 0 Å². The van der Waals surface area contributed by atoms with Crippen LogP contribution in [0.15, 0.2) is 6.20 Å². The summed E-state index contributed by atoms with van der Waals surface area (Å²) in [7, 11) is 0. The predicted octanol–water partition coefficient (Wildman–Crippen LogP) is 2.68. The summed E-state index contributed by atoms with van der Waals surface area (Å²) in [6, 6.07) is 1.31. The fraction of sp³-hybridized carbons (Fsp3) is 0.143. The van der Waals surface area contributed by atoms with Crippen LogP contribution < -0.4 is 0 Å². The van der Waals surface area contributed by atoms with E-state index in [4.69, 9.17) is 16.9 Å². The highest BCUT2D eigenvalue weighted by Crippen LogP contribution is 2.29. The number of alkyl halides is 2. The summed E-state index contributed by atoms with van der Waals surface area (Å²) in [6.07, 6.45) is -2.38. The van der Waals surface area contributed by atoms with Crippen molar-refractivity contribution in [3.05, 3.63) is 28.3 Å². The molecular formula is C7H2ClF3N2. The molecule has 13 heavy (non-hydrogen) atoms. The zero-order valence-electron chi connectivity index (χ0n) is 6.06. The molecule has 0 atom stereocenters. The van der Waals surface area contributed by atoms with E-state index in [1.807, 2.05) is 0 Å². The number of aromatic nitrogens is 1. The lowest BCUT2D eigenvalue weighted by Crippen LogP contribution is -1.98. The Bertz CT molecular complexity index is 373. The Morgan fingerprint density at radius 2 is 2.15 bits per heavy atom. The number of nitriles is 1. The van der Waals surface area contributed by atoms with Gasteiger partial charge < -0.3 is 0 Å². The van der Waals surface area contributed by atoms with Gasteiger partial charge in [0.1, 0.15) is 16.8 Å². The average Bonchev–Trinajstić information content (AvgIpc) is 2.07. The Morgan fingerprint density at radius 3 is 2.54 bits per heavy atom. The van der Waals surface area contributed by atoms with Crippen LogP contribution in [0.2, 0.25) is 5.15 Å². The Labute approximate surface area is 76.6 Å². The molecule has 1 rings (SSSR count). The molecule has 1 aromatic rings. The van der Waals surface area contributed by atoms with Crippen LogP contribution in [0.1, 0.15) is 17.6 Å². The topological polar surface area (TPSA) is 36.7 Å². The molecular weight excluding hydrogens is 205 g/mol. The highest BCUT2D eigenvalue weighted by Gasteiger charge is 2.21. The van der Waals surface area contributed by atoms with Crippen molar-refractivity contribution in [1.82, 2.24) is 4.98 Å². The van der Waals surface area contributed by atoms with Crippen LogP contribution in [0.4, 0.5) is 13.2 Å². The van der Waals surface area contributed by atoms with Gasteiger partial charge in [-0.15, -0.1) is 0 Å². The fourth-order valence-corrected chi connectivity index (χ4v) is 1.02. The van der Waals surface area contributed by atoms with Gasteiger partial charge in [0, 0.05) is 0 Å². The second-order valence-corrected chi connectivity index (χ2v) is 2.46. The first kappa shape index (κ1) is 9.81. The maximum Gasteiger partial charge on any atom is 0.268 e. The summed E-state index contributed by atoms with van der Waals surface area (Å²) in [5.41, 5.74) is -1.61. The van der Waals surface area contributed by atoms with Gasteiger partial charge in [-0.3, -0.25) is 0 Å². The smallest absolute Gasteiger partial charge is 0.241 e. The van der Waals surface area contributed by atoms with Gasteiger partial charge >= 0.3 is 0 Å². The molecule has 0 fully saturated rings. The van der Waals surface area contributed by atoms with Gasteiger partial charge in [-0.05, 0) is 0 Å². The molecule has 0 N–H and O–H groups in total. The highest BCUT2D eigenvalue weighted by atomic mass is 35.5. The molecule has 68 valence electrons. The number of hydrogen-bond donors (Lipinski definition) is 0. The van der Waals surface area contributed by atoms with E-state index < -0.39 is 28.5 Å². The second-order valence-electron chi connectivity index (χ2n) is 2.10. The zero-order valence-corrected chi connectivity index (χ0v) is 6.82. The summed E-state index contributed by atoms with van der Waals surface area (Å²) >= 11 is 5.27. The van der Waals surface area contributed by atoms with Gasteiger partial charge in [0.2, 0.25) is 0 Å². The molecule has 0 aliphatic rings. The Hall–Kier alpha value is -1.28. The van der Waals surface area contributed by atoms with E-state index in [0.717, 1.165) is 0 Å². The quantitative estimate of drug-likeness (QED) is 0.663. The maximum absolute atomic E-state index is 12.7. The minimum atomic E-state index is -3.01. The Kier molecular flexibility index (Phi) is 2.73. The Balaban J connectivity index is 3.46. The Morgan fingerprint density at radius 1 is 1.54 bits per heavy atom. The van der Waals surface area contributed by atoms with E-state index in [-0.39, 0.29) is 0 Å². The average molecular weight is 207 g/mol. The summed E-state index contributed by atoms with van der Waals surface area (Å²) in [4.78, 5) is 3.17. The lowest BCUT2D eigenvalue weighted by molar-refractivity contribution is 0.150. The molecule has 0 saturated carbocycles. The third kappa shape index (κ3) is 1.73. The SMILES string of the molecule is N#Cc1c(F)cnc(Cl)c1C(F)F. The number of halogens is 4. The second kappa shape index (κ2) is 3.62. The van der Waals surface area contributed by atoms with Crippen LogP contribution >= 0.6 is 11.6 Å². The minimum absolute atomic E-state index is 0.548. The third-order valence-corrected chi connectivity index (χ3v) is 1.65. The van der Waals surface area contributed by atoms with Crippen molar-refractivity contribution in [2.24, 2.45) is 0 Å². The first-order valence-electron chi connectivity index (χ1n) is 3.10. The van der Waals surface area contributed by atoms with Gasteiger partial charge in [-0.25, -0.2) is 18.2 Å². The molecule has 1 aromatic heterocycles. The zero-order chi connectivity index (χ0) is 10.0. The number of hydrogen-bond acceptors (Lipinski definition) is 2. The number of rotatable bonds is 1. The molecule has 2 nitrogen and oxygen atoms in total. The molecule has 6 heteroatoms. The van der Waals surface area contributed by atoms with Crippen molar-refractivity contribution in [2.45, 2.75) is 6.43 Å². The van der Waals surface area contributed by atoms with Crippen LogP contribution in [-0.4, -0.2) is 4.98 Å². The molecule has 0 spiro atoms. The largest absolute Gasteiger partial charge is 0.268 e. The lowest BCUT2D eigenvalue weighted by atomic mass is 10.1. The molecule has 0 amide bonds. The first-order valence-corrected chi connectivity index (χ1v) is 3.48. The van der Waals surface area contributed by atoms with E-state index in [2.05, 4.69) is 4.98 Å². The molecule has 0 saturated heterocycles. The maximum atomic E-state index is 12.7. The van der Waals surface area contributed by atoms with Crippen molar-refractivity contribution < 1.29 is 13.2 Å². The van der Waals surface area contributed by atoms with E-state index in [1.165, 1.54) is 6.07 Å². The van der Waals surface area contributed by atoms with Crippen molar-refractivity contribution in [3.63, 3.8) is 0 Å². The van der Waals surface area contributed by atoms with Crippen LogP contribution in [0, 0.1) is 17.1 Å². The molecule has 0 aliphatic heterocycles. The number of pyridine rings is 1. The first-order chi connectivity index (χ1) is 6.07. The summed E-state index contributed by atoms with van der Waals surface area (Å²) in [5.74, 6) is -1.10.